The van der Waals surface area contributed by atoms with Crippen molar-refractivity contribution in [2.75, 3.05) is 19.7 Å². The Kier molecular flexibility index (Phi) is 4.95. The van der Waals surface area contributed by atoms with Gasteiger partial charge in [0.2, 0.25) is 10.0 Å². The van der Waals surface area contributed by atoms with Gasteiger partial charge in [0.1, 0.15) is 6.10 Å². The lowest BCUT2D eigenvalue weighted by Gasteiger charge is -2.31. The second kappa shape index (κ2) is 6.37. The number of morpholine rings is 1. The van der Waals surface area contributed by atoms with Crippen molar-refractivity contribution in [1.82, 2.24) is 4.31 Å². The highest BCUT2D eigenvalue weighted by Gasteiger charge is 2.32. The van der Waals surface area contributed by atoms with Crippen LogP contribution in [0.25, 0.3) is 0 Å². The van der Waals surface area contributed by atoms with Crippen molar-refractivity contribution in [2.24, 2.45) is 10.9 Å². The van der Waals surface area contributed by atoms with Gasteiger partial charge in [0.25, 0.3) is 0 Å². The number of amidine groups is 1. The number of benzene rings is 1. The van der Waals surface area contributed by atoms with Gasteiger partial charge in [-0.15, -0.1) is 0 Å². The Morgan fingerprint density at radius 2 is 2.14 bits per heavy atom. The molecule has 0 bridgehead atoms. The van der Waals surface area contributed by atoms with Gasteiger partial charge in [-0.3, -0.25) is 0 Å². The first-order valence-electron chi connectivity index (χ1n) is 5.90. The maximum Gasteiger partial charge on any atom is 0.243 e. The van der Waals surface area contributed by atoms with E-state index in [2.05, 4.69) is 5.16 Å². The summed E-state index contributed by atoms with van der Waals surface area (Å²) in [5.41, 5.74) is 5.45. The van der Waals surface area contributed by atoms with E-state index in [9.17, 15) is 8.42 Å². The fraction of sp³-hybridized carbons (Fsp3) is 0.364. The quantitative estimate of drug-likeness (QED) is 0.366. The third kappa shape index (κ3) is 3.41. The van der Waals surface area contributed by atoms with E-state index < -0.39 is 16.1 Å². The van der Waals surface area contributed by atoms with E-state index >= 15 is 0 Å². The average molecular weight is 354 g/mol. The summed E-state index contributed by atoms with van der Waals surface area (Å²) in [5.74, 6) is -0.177. The van der Waals surface area contributed by atoms with Gasteiger partial charge in [-0.05, 0) is 18.2 Å². The molecule has 3 N–H and O–H groups in total. The Hall–Kier alpha value is -1.06. The first-order valence-corrected chi connectivity index (χ1v) is 8.10. The van der Waals surface area contributed by atoms with Gasteiger partial charge in [0.15, 0.2) is 5.84 Å². The van der Waals surface area contributed by atoms with Gasteiger partial charge in [-0.1, -0.05) is 28.4 Å². The molecule has 1 fully saturated rings. The molecule has 1 atom stereocenters. The standard InChI is InChI=1S/C11H13Cl2N3O4S/c12-8-2-1-7(5-9(8)13)21(18,19)16-3-4-20-10(6-16)11(14)15-17/h1-2,5,10,17H,3-4,6H2,(H2,14,15). The van der Waals surface area contributed by atoms with Crippen LogP contribution in [0.2, 0.25) is 10.0 Å². The Morgan fingerprint density at radius 1 is 1.43 bits per heavy atom. The maximum atomic E-state index is 12.5. The van der Waals surface area contributed by atoms with Gasteiger partial charge < -0.3 is 15.7 Å². The van der Waals surface area contributed by atoms with Crippen molar-refractivity contribution in [3.05, 3.63) is 28.2 Å². The zero-order valence-electron chi connectivity index (χ0n) is 10.7. The molecule has 0 spiro atoms. The number of sulfonamides is 1. The summed E-state index contributed by atoms with van der Waals surface area (Å²) in [6.45, 7) is 0.262. The number of nitrogens with two attached hydrogens (primary N) is 1. The Labute approximate surface area is 131 Å². The van der Waals surface area contributed by atoms with E-state index in [0.29, 0.717) is 0 Å². The molecule has 21 heavy (non-hydrogen) atoms. The smallest absolute Gasteiger partial charge is 0.243 e. The summed E-state index contributed by atoms with van der Waals surface area (Å²) in [6.07, 6.45) is -0.790. The number of rotatable bonds is 3. The van der Waals surface area contributed by atoms with E-state index in [-0.39, 0.29) is 40.5 Å². The number of hydrogen-bond donors (Lipinski definition) is 2. The Morgan fingerprint density at radius 3 is 2.76 bits per heavy atom. The Bertz CT molecular complexity index is 665. The first-order chi connectivity index (χ1) is 9.86. The van der Waals surface area contributed by atoms with E-state index in [1.165, 1.54) is 22.5 Å². The van der Waals surface area contributed by atoms with Crippen LogP contribution < -0.4 is 5.73 Å². The van der Waals surface area contributed by atoms with Crippen molar-refractivity contribution in [2.45, 2.75) is 11.0 Å². The van der Waals surface area contributed by atoms with E-state index in [0.717, 1.165) is 0 Å². The molecular weight excluding hydrogens is 341 g/mol. The molecule has 0 aromatic heterocycles. The summed E-state index contributed by atoms with van der Waals surface area (Å²) in [7, 11) is -3.76. The average Bonchev–Trinajstić information content (AvgIpc) is 2.49. The fourth-order valence-corrected chi connectivity index (χ4v) is 3.69. The molecule has 0 radical (unpaired) electrons. The zero-order valence-corrected chi connectivity index (χ0v) is 13.1. The van der Waals surface area contributed by atoms with Crippen molar-refractivity contribution in [3.63, 3.8) is 0 Å². The minimum atomic E-state index is -3.76. The van der Waals surface area contributed by atoms with Crippen LogP contribution in [-0.4, -0.2) is 49.6 Å². The number of ether oxygens (including phenoxy) is 1. The molecule has 1 heterocycles. The topological polar surface area (TPSA) is 105 Å². The molecule has 1 aliphatic rings. The highest BCUT2D eigenvalue weighted by Crippen LogP contribution is 2.27. The van der Waals surface area contributed by atoms with Crippen LogP contribution in [0.5, 0.6) is 0 Å². The molecule has 0 amide bonds. The van der Waals surface area contributed by atoms with Crippen LogP contribution in [-0.2, 0) is 14.8 Å². The lowest BCUT2D eigenvalue weighted by molar-refractivity contribution is 0.0355. The summed E-state index contributed by atoms with van der Waals surface area (Å²) in [6, 6.07) is 4.07. The Balaban J connectivity index is 2.28. The number of nitrogens with zero attached hydrogens (tertiary/aromatic N) is 2. The van der Waals surface area contributed by atoms with Gasteiger partial charge in [-0.2, -0.15) is 4.31 Å². The minimum Gasteiger partial charge on any atom is -0.409 e. The predicted octanol–water partition coefficient (Wildman–Crippen LogP) is 1.13. The monoisotopic (exact) mass is 353 g/mol. The van der Waals surface area contributed by atoms with Crippen molar-refractivity contribution in [1.29, 1.82) is 0 Å². The van der Waals surface area contributed by atoms with Gasteiger partial charge >= 0.3 is 0 Å². The highest BCUT2D eigenvalue weighted by molar-refractivity contribution is 7.89. The number of halogens is 2. The summed E-state index contributed by atoms with van der Waals surface area (Å²) in [5, 5.41) is 11.9. The molecule has 7 nitrogen and oxygen atoms in total. The third-order valence-electron chi connectivity index (χ3n) is 3.00. The molecule has 0 aliphatic carbocycles. The number of hydrogen-bond acceptors (Lipinski definition) is 5. The minimum absolute atomic E-state index is 0.0251. The predicted molar refractivity (Wildman–Crippen MR) is 78.4 cm³/mol. The molecule has 116 valence electrons. The molecule has 1 unspecified atom stereocenters. The summed E-state index contributed by atoms with van der Waals surface area (Å²) >= 11 is 11.6. The molecule has 0 saturated carbocycles. The van der Waals surface area contributed by atoms with Gasteiger partial charge in [0.05, 0.1) is 21.5 Å². The van der Waals surface area contributed by atoms with Crippen molar-refractivity contribution in [3.8, 4) is 0 Å². The van der Waals surface area contributed by atoms with Crippen LogP contribution in [0.1, 0.15) is 0 Å². The lowest BCUT2D eigenvalue weighted by atomic mass is 10.3. The second-order valence-electron chi connectivity index (χ2n) is 4.32. The molecule has 2 rings (SSSR count). The van der Waals surface area contributed by atoms with Crippen molar-refractivity contribution >= 4 is 39.1 Å². The van der Waals surface area contributed by atoms with E-state index in [4.69, 9.17) is 38.9 Å². The normalized spacial score (nSPS) is 21.4. The summed E-state index contributed by atoms with van der Waals surface area (Å²) < 4.78 is 31.5. The van der Waals surface area contributed by atoms with Crippen molar-refractivity contribution < 1.29 is 18.4 Å². The SMILES string of the molecule is NC(=NO)C1CN(S(=O)(=O)c2ccc(Cl)c(Cl)c2)CCO1. The lowest BCUT2D eigenvalue weighted by Crippen LogP contribution is -2.50. The maximum absolute atomic E-state index is 12.5. The van der Waals surface area contributed by atoms with E-state index in [1.807, 2.05) is 0 Å². The first kappa shape index (κ1) is 16.3. The third-order valence-corrected chi connectivity index (χ3v) is 5.60. The molecular formula is C11H13Cl2N3O4S. The van der Waals surface area contributed by atoms with E-state index in [1.54, 1.807) is 0 Å². The largest absolute Gasteiger partial charge is 0.409 e. The fourth-order valence-electron chi connectivity index (χ4n) is 1.87. The van der Waals surface area contributed by atoms with Gasteiger partial charge in [-0.25, -0.2) is 8.42 Å². The van der Waals surface area contributed by atoms with Crippen LogP contribution >= 0.6 is 23.2 Å². The van der Waals surface area contributed by atoms with Gasteiger partial charge in [0, 0.05) is 13.1 Å². The molecule has 10 heteroatoms. The van der Waals surface area contributed by atoms with Crippen LogP contribution in [0.3, 0.4) is 0 Å². The molecule has 1 saturated heterocycles. The zero-order chi connectivity index (χ0) is 15.6. The molecule has 1 aromatic carbocycles. The highest BCUT2D eigenvalue weighted by atomic mass is 35.5. The number of oxime groups is 1. The second-order valence-corrected chi connectivity index (χ2v) is 7.08. The molecule has 1 aromatic rings. The van der Waals surface area contributed by atoms with Crippen LogP contribution in [0.15, 0.2) is 28.3 Å². The molecule has 1 aliphatic heterocycles. The van der Waals surface area contributed by atoms with Crippen LogP contribution in [0.4, 0.5) is 0 Å². The summed E-state index contributed by atoms with van der Waals surface area (Å²) in [4.78, 5) is 0.0251. The van der Waals surface area contributed by atoms with Crippen LogP contribution in [0, 0.1) is 0 Å².